The van der Waals surface area contributed by atoms with Gasteiger partial charge in [0.15, 0.2) is 5.65 Å². The number of rotatable bonds is 11. The van der Waals surface area contributed by atoms with E-state index in [2.05, 4.69) is 61.3 Å². The molecular weight excluding hydrogens is 580 g/mol. The number of pyridine rings is 1. The summed E-state index contributed by atoms with van der Waals surface area (Å²) >= 11 is 0. The minimum atomic E-state index is -0.191. The van der Waals surface area contributed by atoms with Gasteiger partial charge in [0.05, 0.1) is 30.6 Å². The lowest BCUT2D eigenvalue weighted by Crippen LogP contribution is -2.51. The van der Waals surface area contributed by atoms with Crippen molar-refractivity contribution in [3.8, 4) is 22.6 Å². The van der Waals surface area contributed by atoms with Crippen LogP contribution in [0.15, 0.2) is 67.1 Å². The molecule has 1 saturated heterocycles. The molecule has 0 radical (unpaired) electrons. The van der Waals surface area contributed by atoms with E-state index in [0.717, 1.165) is 80.4 Å². The van der Waals surface area contributed by atoms with Crippen LogP contribution in [0, 0.1) is 0 Å². The highest BCUT2D eigenvalue weighted by atomic mass is 16.5. The maximum absolute atomic E-state index is 13.6. The maximum Gasteiger partial charge on any atom is 0.257 e. The molecule has 1 N–H and O–H groups in total. The third-order valence-electron chi connectivity index (χ3n) is 9.62. The van der Waals surface area contributed by atoms with E-state index in [1.807, 2.05) is 31.4 Å². The van der Waals surface area contributed by atoms with Gasteiger partial charge >= 0.3 is 0 Å². The molecule has 240 valence electrons. The molecule has 2 fully saturated rings. The highest BCUT2D eigenvalue weighted by molar-refractivity contribution is 6.00. The molecule has 3 aromatic rings. The van der Waals surface area contributed by atoms with Gasteiger partial charge in [-0.05, 0) is 43.4 Å². The number of carbonyl (C=O) groups is 1. The molecular formula is C35H42N8O3. The average Bonchev–Trinajstić information content (AvgIpc) is 3.71. The Morgan fingerprint density at radius 2 is 1.85 bits per heavy atom. The number of carbonyl (C=O) groups excluding carboxylic acids is 1. The number of hydrogen-bond acceptors (Lipinski definition) is 8. The first-order valence-corrected chi connectivity index (χ1v) is 16.2. The summed E-state index contributed by atoms with van der Waals surface area (Å²) in [5.74, 6) is 1.60. The Kier molecular flexibility index (Phi) is 8.70. The van der Waals surface area contributed by atoms with Crippen molar-refractivity contribution in [3.05, 3.63) is 78.2 Å². The first-order chi connectivity index (χ1) is 22.5. The largest absolute Gasteiger partial charge is 0.383 e. The van der Waals surface area contributed by atoms with Gasteiger partial charge in [0, 0.05) is 83.1 Å². The zero-order valence-corrected chi connectivity index (χ0v) is 26.8. The van der Waals surface area contributed by atoms with E-state index in [-0.39, 0.29) is 18.1 Å². The second kappa shape index (κ2) is 13.2. The Labute approximate surface area is 269 Å². The van der Waals surface area contributed by atoms with Gasteiger partial charge in [0.1, 0.15) is 17.2 Å². The van der Waals surface area contributed by atoms with Gasteiger partial charge in [-0.15, -0.1) is 0 Å². The number of nitrogens with zero attached hydrogens (tertiary/aromatic N) is 7. The standard InChI is InChI=1S/C35H42N8O3/c1-40(23-24-8-5-4-6-9-24)32-20-30(38-34-28(22-37-43(32)34)35(44)39-29-11-12-31(29)46-3)27-21-36-33-26(27)10-7-15-42(33)25-13-16-41(17-14-25)18-19-45-2/h4-10,15,20-22,25,29,31H,11-14,16-19,23H2,1-3H3,(H,39,44)/t29-,31-/m0/s1. The second-order valence-electron chi connectivity index (χ2n) is 12.5. The van der Waals surface area contributed by atoms with E-state index in [9.17, 15) is 4.79 Å². The highest BCUT2D eigenvalue weighted by Gasteiger charge is 2.33. The van der Waals surface area contributed by atoms with Crippen molar-refractivity contribution in [2.24, 2.45) is 0 Å². The summed E-state index contributed by atoms with van der Waals surface area (Å²) in [6.45, 7) is 4.47. The van der Waals surface area contributed by atoms with Crippen LogP contribution in [-0.2, 0) is 16.0 Å². The van der Waals surface area contributed by atoms with Crippen molar-refractivity contribution in [1.82, 2.24) is 34.4 Å². The van der Waals surface area contributed by atoms with Crippen LogP contribution < -0.4 is 10.2 Å². The molecule has 4 aliphatic rings. The van der Waals surface area contributed by atoms with E-state index in [1.54, 1.807) is 24.9 Å². The monoisotopic (exact) mass is 622 g/mol. The van der Waals surface area contributed by atoms with Gasteiger partial charge in [0.25, 0.3) is 5.91 Å². The molecule has 3 aliphatic heterocycles. The van der Waals surface area contributed by atoms with Crippen molar-refractivity contribution in [2.75, 3.05) is 52.4 Å². The Balaban J connectivity index is 1.23. The zero-order chi connectivity index (χ0) is 31.6. The van der Waals surface area contributed by atoms with Crippen LogP contribution in [0.3, 0.4) is 0 Å². The number of nitrogens with one attached hydrogen (secondary N) is 1. The normalized spacial score (nSPS) is 19.0. The topological polar surface area (TPSA) is 102 Å². The van der Waals surface area contributed by atoms with Crippen LogP contribution in [0.5, 0.6) is 0 Å². The Bertz CT molecular complexity index is 1760. The number of fused-ring (bicyclic) bond motifs is 2. The van der Waals surface area contributed by atoms with E-state index in [1.165, 1.54) is 5.56 Å². The van der Waals surface area contributed by atoms with Crippen LogP contribution in [0.2, 0.25) is 0 Å². The van der Waals surface area contributed by atoms with Gasteiger partial charge in [0.2, 0.25) is 0 Å². The summed E-state index contributed by atoms with van der Waals surface area (Å²) in [4.78, 5) is 28.2. The first-order valence-electron chi connectivity index (χ1n) is 16.2. The number of amides is 1. The van der Waals surface area contributed by atoms with E-state index in [0.29, 0.717) is 23.8 Å². The van der Waals surface area contributed by atoms with Gasteiger partial charge in [-0.3, -0.25) is 4.79 Å². The van der Waals surface area contributed by atoms with Crippen molar-refractivity contribution in [2.45, 2.75) is 50.4 Å². The number of hydrogen-bond donors (Lipinski definition) is 1. The quantitative estimate of drug-likeness (QED) is 0.230. The van der Waals surface area contributed by atoms with E-state index < -0.39 is 0 Å². The van der Waals surface area contributed by atoms with Crippen LogP contribution in [0.25, 0.3) is 28.3 Å². The fourth-order valence-electron chi connectivity index (χ4n) is 6.82. The number of piperidine rings is 1. The molecule has 1 aromatic carbocycles. The molecule has 11 heteroatoms. The summed E-state index contributed by atoms with van der Waals surface area (Å²) < 4.78 is 14.9. The molecule has 2 aromatic heterocycles. The first kappa shape index (κ1) is 30.3. The smallest absolute Gasteiger partial charge is 0.257 e. The average molecular weight is 623 g/mol. The minimum Gasteiger partial charge on any atom is -0.383 e. The van der Waals surface area contributed by atoms with Gasteiger partial charge in [-0.2, -0.15) is 9.61 Å². The lowest BCUT2D eigenvalue weighted by molar-refractivity contribution is 0.00732. The summed E-state index contributed by atoms with van der Waals surface area (Å²) in [7, 11) is 5.49. The van der Waals surface area contributed by atoms with Gasteiger partial charge < -0.3 is 29.2 Å². The highest BCUT2D eigenvalue weighted by Crippen LogP contribution is 2.37. The summed E-state index contributed by atoms with van der Waals surface area (Å²) in [5, 5.41) is 7.81. The van der Waals surface area contributed by atoms with E-state index >= 15 is 0 Å². The van der Waals surface area contributed by atoms with Crippen LogP contribution in [0.1, 0.15) is 47.6 Å². The van der Waals surface area contributed by atoms with Gasteiger partial charge in [-0.25, -0.2) is 9.97 Å². The molecule has 0 spiro atoms. The zero-order valence-electron chi connectivity index (χ0n) is 26.8. The number of methoxy groups -OCH3 is 2. The van der Waals surface area contributed by atoms with Crippen LogP contribution >= 0.6 is 0 Å². The number of likely N-dealkylation sites (tertiary alicyclic amines) is 1. The summed E-state index contributed by atoms with van der Waals surface area (Å²) in [6, 6.07) is 17.0. The SMILES string of the molecule is COCCN1CCC(n2cccc3c(-c4cc(N(C)Cc5ccccc5)n5ncc(C(=O)N[C@H]6CC[C@@H]6OC)c5n4)cnc2-3)CC1. The molecule has 46 heavy (non-hydrogen) atoms. The van der Waals surface area contributed by atoms with Crippen molar-refractivity contribution in [1.29, 1.82) is 0 Å². The third-order valence-corrected chi connectivity index (χ3v) is 9.62. The number of aromatic nitrogens is 5. The lowest BCUT2D eigenvalue weighted by atomic mass is 9.89. The summed E-state index contributed by atoms with van der Waals surface area (Å²) in [6.07, 6.45) is 9.69. The fraction of sp³-hybridized carbons (Fsp3) is 0.429. The Morgan fingerprint density at radius 1 is 1.02 bits per heavy atom. The minimum absolute atomic E-state index is 0.0126. The molecule has 1 amide bonds. The van der Waals surface area contributed by atoms with Crippen LogP contribution in [-0.4, -0.2) is 94.6 Å². The van der Waals surface area contributed by atoms with Crippen LogP contribution in [0.4, 0.5) is 5.82 Å². The summed E-state index contributed by atoms with van der Waals surface area (Å²) in [5.41, 5.74) is 4.86. The van der Waals surface area contributed by atoms with E-state index in [4.69, 9.17) is 19.4 Å². The lowest BCUT2D eigenvalue weighted by Gasteiger charge is -2.35. The molecule has 1 aliphatic carbocycles. The Morgan fingerprint density at radius 3 is 2.59 bits per heavy atom. The third kappa shape index (κ3) is 5.86. The molecule has 0 bridgehead atoms. The predicted molar refractivity (Wildman–Crippen MR) is 177 cm³/mol. The molecule has 11 nitrogen and oxygen atoms in total. The van der Waals surface area contributed by atoms with Crippen molar-refractivity contribution in [3.63, 3.8) is 0 Å². The number of ether oxygens (including phenoxy) is 2. The molecule has 0 unspecified atom stereocenters. The molecule has 5 heterocycles. The second-order valence-corrected chi connectivity index (χ2v) is 12.5. The number of benzene rings is 1. The molecule has 2 atom stereocenters. The van der Waals surface area contributed by atoms with Crippen molar-refractivity contribution >= 4 is 17.4 Å². The number of anilines is 1. The molecule has 7 rings (SSSR count). The maximum atomic E-state index is 13.6. The molecule has 1 saturated carbocycles. The van der Waals surface area contributed by atoms with Gasteiger partial charge in [-0.1, -0.05) is 30.3 Å². The Hall–Kier alpha value is -4.32. The van der Waals surface area contributed by atoms with Crippen molar-refractivity contribution < 1.29 is 14.3 Å². The fourth-order valence-corrected chi connectivity index (χ4v) is 6.82. The predicted octanol–water partition coefficient (Wildman–Crippen LogP) is 4.52.